The van der Waals surface area contributed by atoms with Crippen molar-refractivity contribution in [2.24, 2.45) is 0 Å². The Morgan fingerprint density at radius 3 is 2.67 bits per heavy atom. The van der Waals surface area contributed by atoms with Gasteiger partial charge in [-0.1, -0.05) is 11.6 Å². The highest BCUT2D eigenvalue weighted by Gasteiger charge is 2.34. The molecule has 0 saturated carbocycles. The fourth-order valence-corrected chi connectivity index (χ4v) is 4.85. The summed E-state index contributed by atoms with van der Waals surface area (Å²) in [6.45, 7) is -1.52. The zero-order valence-electron chi connectivity index (χ0n) is 18.8. The van der Waals surface area contributed by atoms with Crippen LogP contribution in [0, 0.1) is 0 Å². The molecule has 0 bridgehead atoms. The molecule has 0 aromatic carbocycles. The molecule has 0 unspecified atom stereocenters. The molecular weight excluding hydrogens is 529 g/mol. The Morgan fingerprint density at radius 2 is 1.97 bits per heavy atom. The second-order valence-corrected chi connectivity index (χ2v) is 10.4. The van der Waals surface area contributed by atoms with Gasteiger partial charge in [0.15, 0.2) is 39.5 Å². The molecule has 1 aliphatic rings. The summed E-state index contributed by atoms with van der Waals surface area (Å²) in [5.41, 5.74) is 0.0685. The van der Waals surface area contributed by atoms with E-state index < -0.39 is 34.4 Å². The number of halogens is 4. The quantitative estimate of drug-likeness (QED) is 0.393. The largest absolute Gasteiger partial charge is 0.485 e. The third kappa shape index (κ3) is 6.20. The first kappa shape index (κ1) is 26.0. The highest BCUT2D eigenvalue weighted by molar-refractivity contribution is 7.90. The van der Waals surface area contributed by atoms with Crippen molar-refractivity contribution >= 4 is 21.4 Å². The summed E-state index contributed by atoms with van der Waals surface area (Å²) >= 11 is 5.76. The molecule has 3 aromatic rings. The predicted octanol–water partition coefficient (Wildman–Crippen LogP) is 2.46. The van der Waals surface area contributed by atoms with Crippen LogP contribution in [-0.2, 0) is 26.7 Å². The zero-order valence-corrected chi connectivity index (χ0v) is 20.3. The van der Waals surface area contributed by atoms with Gasteiger partial charge in [-0.3, -0.25) is 4.57 Å². The molecule has 4 heterocycles. The molecule has 0 spiro atoms. The lowest BCUT2D eigenvalue weighted by Crippen LogP contribution is -2.24. The molecule has 0 saturated heterocycles. The SMILES string of the molecule is COC[C@H]1COc2c(OCC(F)(F)F)ccnc2-c2nnc(CS(=O)(=O)CCc3ncc(Cl)cn3)n21. The summed E-state index contributed by atoms with van der Waals surface area (Å²) in [7, 11) is -2.25. The summed E-state index contributed by atoms with van der Waals surface area (Å²) < 4.78 is 81.3. The average Bonchev–Trinajstić information content (AvgIpc) is 3.14. The van der Waals surface area contributed by atoms with Gasteiger partial charge in [-0.2, -0.15) is 13.2 Å². The van der Waals surface area contributed by atoms with E-state index in [0.29, 0.717) is 10.8 Å². The lowest BCUT2D eigenvalue weighted by atomic mass is 10.2. The maximum absolute atomic E-state index is 12.9. The van der Waals surface area contributed by atoms with E-state index in [1.54, 1.807) is 0 Å². The molecule has 0 fully saturated rings. The molecule has 16 heteroatoms. The number of alkyl halides is 3. The van der Waals surface area contributed by atoms with Gasteiger partial charge in [0, 0.05) is 38.2 Å². The molecule has 0 radical (unpaired) electrons. The van der Waals surface area contributed by atoms with E-state index >= 15 is 0 Å². The number of hydrogen-bond donors (Lipinski definition) is 0. The van der Waals surface area contributed by atoms with Crippen LogP contribution in [0.3, 0.4) is 0 Å². The Bertz CT molecular complexity index is 1320. The Labute approximate surface area is 208 Å². The number of sulfone groups is 1. The Kier molecular flexibility index (Phi) is 7.61. The number of methoxy groups -OCH3 is 1. The molecule has 194 valence electrons. The third-order valence-corrected chi connectivity index (χ3v) is 6.76. The summed E-state index contributed by atoms with van der Waals surface area (Å²) in [6.07, 6.45) is -0.498. The molecule has 3 aromatic heterocycles. The first-order chi connectivity index (χ1) is 17.1. The van der Waals surface area contributed by atoms with Gasteiger partial charge in [-0.05, 0) is 0 Å². The van der Waals surface area contributed by atoms with Gasteiger partial charge >= 0.3 is 6.18 Å². The summed E-state index contributed by atoms with van der Waals surface area (Å²) in [4.78, 5) is 12.2. The number of aryl methyl sites for hydroxylation is 1. The van der Waals surface area contributed by atoms with Gasteiger partial charge in [-0.15, -0.1) is 10.2 Å². The van der Waals surface area contributed by atoms with E-state index in [4.69, 9.17) is 25.8 Å². The minimum absolute atomic E-state index is 0.0525. The van der Waals surface area contributed by atoms with E-state index in [9.17, 15) is 21.6 Å². The van der Waals surface area contributed by atoms with Crippen LogP contribution in [0.4, 0.5) is 13.2 Å². The van der Waals surface area contributed by atoms with Crippen molar-refractivity contribution in [3.63, 3.8) is 0 Å². The lowest BCUT2D eigenvalue weighted by molar-refractivity contribution is -0.153. The van der Waals surface area contributed by atoms with Gasteiger partial charge < -0.3 is 14.2 Å². The van der Waals surface area contributed by atoms with E-state index in [0.717, 1.165) is 0 Å². The number of rotatable bonds is 9. The highest BCUT2D eigenvalue weighted by Crippen LogP contribution is 2.40. The number of fused-ring (bicyclic) bond motifs is 3. The average molecular weight is 549 g/mol. The van der Waals surface area contributed by atoms with Gasteiger partial charge in [-0.25, -0.2) is 23.4 Å². The van der Waals surface area contributed by atoms with Crippen molar-refractivity contribution in [3.8, 4) is 23.0 Å². The van der Waals surface area contributed by atoms with Crippen LogP contribution in [0.5, 0.6) is 11.5 Å². The highest BCUT2D eigenvalue weighted by atomic mass is 35.5. The normalized spacial score (nSPS) is 15.5. The van der Waals surface area contributed by atoms with Crippen LogP contribution in [0.25, 0.3) is 11.5 Å². The fourth-order valence-electron chi connectivity index (χ4n) is 3.52. The zero-order chi connectivity index (χ0) is 25.9. The van der Waals surface area contributed by atoms with Crippen LogP contribution in [-0.4, -0.2) is 77.0 Å². The molecule has 0 aliphatic carbocycles. The van der Waals surface area contributed by atoms with E-state index in [1.165, 1.54) is 36.3 Å². The number of pyridine rings is 1. The standard InChI is InChI=1S/C20H20ClF3N6O5S/c1-33-8-13-9-34-18-14(35-11-20(22,23)24)2-4-25-17(18)19-29-28-16(30(13)19)10-36(31,32)5-3-15-26-6-12(21)7-27-15/h2,4,6-7,13H,3,5,8-11H2,1H3/t13-/m0/s1. The second-order valence-electron chi connectivity index (χ2n) is 7.78. The summed E-state index contributed by atoms with van der Waals surface area (Å²) in [6, 6.07) is 0.654. The molecule has 1 aliphatic heterocycles. The van der Waals surface area contributed by atoms with Crippen LogP contribution in [0.1, 0.15) is 17.7 Å². The maximum atomic E-state index is 12.9. The third-order valence-electron chi connectivity index (χ3n) is 5.04. The molecule has 36 heavy (non-hydrogen) atoms. The molecule has 11 nitrogen and oxygen atoms in total. The van der Waals surface area contributed by atoms with Crippen LogP contribution >= 0.6 is 11.6 Å². The minimum Gasteiger partial charge on any atom is -0.485 e. The Hall–Kier alpha value is -3.04. The van der Waals surface area contributed by atoms with Gasteiger partial charge in [0.05, 0.1) is 23.4 Å². The first-order valence-electron chi connectivity index (χ1n) is 10.5. The molecule has 0 N–H and O–H groups in total. The summed E-state index contributed by atoms with van der Waals surface area (Å²) in [5.74, 6) is -0.416. The van der Waals surface area contributed by atoms with Crippen molar-refractivity contribution in [1.29, 1.82) is 0 Å². The van der Waals surface area contributed by atoms with Crippen LogP contribution in [0.2, 0.25) is 5.02 Å². The molecule has 1 atom stereocenters. The minimum atomic E-state index is -4.56. The Balaban J connectivity index is 1.63. The van der Waals surface area contributed by atoms with E-state index in [-0.39, 0.29) is 54.2 Å². The van der Waals surface area contributed by atoms with E-state index in [1.807, 2.05) is 0 Å². The van der Waals surface area contributed by atoms with Gasteiger partial charge in [0.25, 0.3) is 0 Å². The molecule has 0 amide bonds. The van der Waals surface area contributed by atoms with Crippen molar-refractivity contribution < 1.29 is 35.8 Å². The topological polar surface area (TPSA) is 131 Å². The number of hydrogen-bond acceptors (Lipinski definition) is 10. The van der Waals surface area contributed by atoms with E-state index in [2.05, 4.69) is 25.1 Å². The maximum Gasteiger partial charge on any atom is 0.422 e. The Morgan fingerprint density at radius 1 is 1.22 bits per heavy atom. The van der Waals surface area contributed by atoms with Crippen LogP contribution in [0.15, 0.2) is 24.7 Å². The first-order valence-corrected chi connectivity index (χ1v) is 12.7. The van der Waals surface area contributed by atoms with Crippen molar-refractivity contribution in [2.75, 3.05) is 32.7 Å². The number of nitrogens with zero attached hydrogens (tertiary/aromatic N) is 6. The fraction of sp³-hybridized carbons (Fsp3) is 0.450. The number of ether oxygens (including phenoxy) is 3. The summed E-state index contributed by atoms with van der Waals surface area (Å²) in [5, 5.41) is 8.47. The molecule has 4 rings (SSSR count). The van der Waals surface area contributed by atoms with Gasteiger partial charge in [0.2, 0.25) is 0 Å². The monoisotopic (exact) mass is 548 g/mol. The van der Waals surface area contributed by atoms with Crippen molar-refractivity contribution in [3.05, 3.63) is 41.3 Å². The van der Waals surface area contributed by atoms with Crippen molar-refractivity contribution in [2.45, 2.75) is 24.4 Å². The second kappa shape index (κ2) is 10.5. The molecular formula is C20H20ClF3N6O5S. The predicted molar refractivity (Wildman–Crippen MR) is 119 cm³/mol. The number of aromatic nitrogens is 6. The van der Waals surface area contributed by atoms with Crippen molar-refractivity contribution in [1.82, 2.24) is 29.7 Å². The van der Waals surface area contributed by atoms with Gasteiger partial charge in [0.1, 0.15) is 24.0 Å². The smallest absolute Gasteiger partial charge is 0.422 e. The lowest BCUT2D eigenvalue weighted by Gasteiger charge is -2.19. The van der Waals surface area contributed by atoms with Crippen LogP contribution < -0.4 is 9.47 Å².